The molecule has 2 heterocycles. The maximum atomic E-state index is 13.2. The Kier molecular flexibility index (Phi) is 5.85. The summed E-state index contributed by atoms with van der Waals surface area (Å²) in [4.78, 5) is 27.7. The third kappa shape index (κ3) is 4.29. The maximum absolute atomic E-state index is 13.2. The standard InChI is InChI=1S/C27H27NO5/c1-27(2,3)19-12-10-17(11-13-19)23-22(24(29)18-7-5-8-20(15-18)32-4)25(30)26(31)28(23)16-21-9-6-14-33-21/h5-15,23,29H,16H2,1-4H3. The van der Waals surface area contributed by atoms with Crippen molar-refractivity contribution in [1.29, 1.82) is 0 Å². The first kappa shape index (κ1) is 22.4. The smallest absolute Gasteiger partial charge is 0.296 e. The molecule has 0 spiro atoms. The monoisotopic (exact) mass is 445 g/mol. The molecule has 1 aliphatic heterocycles. The summed E-state index contributed by atoms with van der Waals surface area (Å²) in [5.41, 5.74) is 2.26. The molecule has 3 aromatic rings. The summed E-state index contributed by atoms with van der Waals surface area (Å²) in [6.45, 7) is 6.47. The van der Waals surface area contributed by atoms with Crippen LogP contribution in [0.2, 0.25) is 0 Å². The van der Waals surface area contributed by atoms with Crippen LogP contribution in [0.25, 0.3) is 5.76 Å². The van der Waals surface area contributed by atoms with Gasteiger partial charge in [-0.3, -0.25) is 9.59 Å². The number of ether oxygens (including phenoxy) is 1. The number of nitrogens with zero attached hydrogens (tertiary/aromatic N) is 1. The molecular weight excluding hydrogens is 418 g/mol. The Labute approximate surface area is 193 Å². The second-order valence-electron chi connectivity index (χ2n) is 9.11. The van der Waals surface area contributed by atoms with Crippen LogP contribution in [0, 0.1) is 0 Å². The molecule has 1 aromatic heterocycles. The summed E-state index contributed by atoms with van der Waals surface area (Å²) in [7, 11) is 1.53. The molecule has 1 amide bonds. The van der Waals surface area contributed by atoms with Crippen molar-refractivity contribution in [2.24, 2.45) is 0 Å². The molecule has 0 bridgehead atoms. The number of ketones is 1. The van der Waals surface area contributed by atoms with Crippen molar-refractivity contribution >= 4 is 17.4 Å². The number of furan rings is 1. The number of methoxy groups -OCH3 is 1. The van der Waals surface area contributed by atoms with E-state index < -0.39 is 17.7 Å². The van der Waals surface area contributed by atoms with E-state index in [0.29, 0.717) is 17.1 Å². The number of hydrogen-bond donors (Lipinski definition) is 1. The zero-order valence-electron chi connectivity index (χ0n) is 19.2. The van der Waals surface area contributed by atoms with Crippen molar-refractivity contribution in [3.8, 4) is 5.75 Å². The summed E-state index contributed by atoms with van der Waals surface area (Å²) in [6.07, 6.45) is 1.52. The van der Waals surface area contributed by atoms with Gasteiger partial charge in [0.2, 0.25) is 0 Å². The molecule has 170 valence electrons. The van der Waals surface area contributed by atoms with Gasteiger partial charge in [-0.05, 0) is 40.8 Å². The van der Waals surface area contributed by atoms with Gasteiger partial charge >= 0.3 is 0 Å². The minimum absolute atomic E-state index is 0.0447. The van der Waals surface area contributed by atoms with E-state index in [1.54, 1.807) is 36.4 Å². The Morgan fingerprint density at radius 2 is 1.79 bits per heavy atom. The van der Waals surface area contributed by atoms with E-state index >= 15 is 0 Å². The van der Waals surface area contributed by atoms with Crippen LogP contribution in [0.1, 0.15) is 49.3 Å². The van der Waals surface area contributed by atoms with E-state index in [4.69, 9.17) is 9.15 Å². The highest BCUT2D eigenvalue weighted by Gasteiger charge is 2.46. The van der Waals surface area contributed by atoms with Gasteiger partial charge in [0.25, 0.3) is 11.7 Å². The van der Waals surface area contributed by atoms with E-state index in [2.05, 4.69) is 20.8 Å². The first-order valence-corrected chi connectivity index (χ1v) is 10.8. The number of Topliss-reactive ketones (excluding diaryl/α,β-unsaturated/α-hetero) is 1. The fraction of sp³-hybridized carbons (Fsp3) is 0.259. The summed E-state index contributed by atoms with van der Waals surface area (Å²) in [5.74, 6) is -0.559. The van der Waals surface area contributed by atoms with Crippen LogP contribution >= 0.6 is 0 Å². The minimum Gasteiger partial charge on any atom is -0.507 e. The minimum atomic E-state index is -0.754. The van der Waals surface area contributed by atoms with Crippen LogP contribution in [0.15, 0.2) is 76.9 Å². The Bertz CT molecular complexity index is 1200. The third-order valence-electron chi connectivity index (χ3n) is 5.88. The van der Waals surface area contributed by atoms with E-state index in [9.17, 15) is 14.7 Å². The molecular formula is C27H27NO5. The average molecular weight is 446 g/mol. The number of amides is 1. The number of likely N-dealkylation sites (tertiary alicyclic amines) is 1. The predicted molar refractivity (Wildman–Crippen MR) is 125 cm³/mol. The van der Waals surface area contributed by atoms with Gasteiger partial charge in [-0.15, -0.1) is 0 Å². The Morgan fingerprint density at radius 3 is 2.39 bits per heavy atom. The van der Waals surface area contributed by atoms with Crippen molar-refractivity contribution in [2.75, 3.05) is 7.11 Å². The SMILES string of the molecule is COc1cccc(C(O)=C2C(=O)C(=O)N(Cc3ccco3)C2c2ccc(C(C)(C)C)cc2)c1. The molecule has 1 aliphatic rings. The van der Waals surface area contributed by atoms with Crippen molar-refractivity contribution in [2.45, 2.75) is 38.8 Å². The molecule has 4 rings (SSSR count). The highest BCUT2D eigenvalue weighted by molar-refractivity contribution is 6.46. The van der Waals surface area contributed by atoms with Gasteiger partial charge < -0.3 is 19.2 Å². The van der Waals surface area contributed by atoms with Crippen molar-refractivity contribution in [3.63, 3.8) is 0 Å². The number of rotatable bonds is 5. The van der Waals surface area contributed by atoms with E-state index in [0.717, 1.165) is 11.1 Å². The van der Waals surface area contributed by atoms with Crippen LogP contribution in [0.3, 0.4) is 0 Å². The highest BCUT2D eigenvalue weighted by Crippen LogP contribution is 2.41. The van der Waals surface area contributed by atoms with Gasteiger partial charge in [0.15, 0.2) is 0 Å². The van der Waals surface area contributed by atoms with Crippen molar-refractivity contribution in [1.82, 2.24) is 4.90 Å². The van der Waals surface area contributed by atoms with Crippen LogP contribution in [-0.2, 0) is 21.5 Å². The van der Waals surface area contributed by atoms with Gasteiger partial charge in [-0.1, -0.05) is 57.2 Å². The number of aliphatic hydroxyl groups excluding tert-OH is 1. The molecule has 6 heteroatoms. The predicted octanol–water partition coefficient (Wildman–Crippen LogP) is 5.21. The lowest BCUT2D eigenvalue weighted by Gasteiger charge is -2.26. The topological polar surface area (TPSA) is 80.0 Å². The van der Waals surface area contributed by atoms with Gasteiger partial charge in [-0.2, -0.15) is 0 Å². The first-order chi connectivity index (χ1) is 15.7. The lowest BCUT2D eigenvalue weighted by atomic mass is 9.85. The molecule has 6 nitrogen and oxygen atoms in total. The van der Waals surface area contributed by atoms with E-state index in [-0.39, 0.29) is 23.3 Å². The maximum Gasteiger partial charge on any atom is 0.296 e. The molecule has 1 atom stereocenters. The summed E-state index contributed by atoms with van der Waals surface area (Å²) < 4.78 is 10.7. The van der Waals surface area contributed by atoms with Crippen molar-refractivity contribution < 1.29 is 23.8 Å². The molecule has 2 aromatic carbocycles. The fourth-order valence-corrected chi connectivity index (χ4v) is 4.05. The summed E-state index contributed by atoms with van der Waals surface area (Å²) in [5, 5.41) is 11.2. The summed E-state index contributed by atoms with van der Waals surface area (Å²) >= 11 is 0. The third-order valence-corrected chi connectivity index (χ3v) is 5.88. The molecule has 1 unspecified atom stereocenters. The Morgan fingerprint density at radius 1 is 1.06 bits per heavy atom. The molecule has 33 heavy (non-hydrogen) atoms. The van der Waals surface area contributed by atoms with Gasteiger partial charge in [0, 0.05) is 5.56 Å². The van der Waals surface area contributed by atoms with E-state index in [1.807, 2.05) is 24.3 Å². The molecule has 1 N–H and O–H groups in total. The molecule has 1 fully saturated rings. The Hall–Kier alpha value is -3.80. The summed E-state index contributed by atoms with van der Waals surface area (Å²) in [6, 6.07) is 17.3. The number of hydrogen-bond acceptors (Lipinski definition) is 5. The van der Waals surface area contributed by atoms with Crippen LogP contribution < -0.4 is 4.74 Å². The lowest BCUT2D eigenvalue weighted by Crippen LogP contribution is -2.29. The normalized spacial score (nSPS) is 18.1. The number of carbonyl (C=O) groups excluding carboxylic acids is 2. The van der Waals surface area contributed by atoms with Gasteiger partial charge in [0.05, 0.1) is 31.5 Å². The quantitative estimate of drug-likeness (QED) is 0.331. The first-order valence-electron chi connectivity index (χ1n) is 10.8. The van der Waals surface area contributed by atoms with Gasteiger partial charge in [0.1, 0.15) is 17.3 Å². The number of carbonyl (C=O) groups is 2. The van der Waals surface area contributed by atoms with Crippen LogP contribution in [-0.4, -0.2) is 28.8 Å². The molecule has 1 saturated heterocycles. The zero-order chi connectivity index (χ0) is 23.8. The second-order valence-corrected chi connectivity index (χ2v) is 9.11. The van der Waals surface area contributed by atoms with Crippen LogP contribution in [0.5, 0.6) is 5.75 Å². The molecule has 0 aliphatic carbocycles. The van der Waals surface area contributed by atoms with E-state index in [1.165, 1.54) is 18.3 Å². The Balaban J connectivity index is 1.86. The zero-order valence-corrected chi connectivity index (χ0v) is 19.2. The molecule has 0 saturated carbocycles. The van der Waals surface area contributed by atoms with Crippen LogP contribution in [0.4, 0.5) is 0 Å². The highest BCUT2D eigenvalue weighted by atomic mass is 16.5. The van der Waals surface area contributed by atoms with Crippen molar-refractivity contribution in [3.05, 3.63) is 95.0 Å². The number of aliphatic hydroxyl groups is 1. The largest absolute Gasteiger partial charge is 0.507 e. The average Bonchev–Trinajstić information content (AvgIpc) is 3.40. The lowest BCUT2D eigenvalue weighted by molar-refractivity contribution is -0.140. The fourth-order valence-electron chi connectivity index (χ4n) is 4.05. The molecule has 0 radical (unpaired) electrons. The van der Waals surface area contributed by atoms with Gasteiger partial charge in [-0.25, -0.2) is 0 Å². The number of benzene rings is 2. The second kappa shape index (κ2) is 8.62.